The minimum absolute atomic E-state index is 0.425. The third-order valence-corrected chi connectivity index (χ3v) is 5.32. The van der Waals surface area contributed by atoms with Crippen molar-refractivity contribution in [2.45, 2.75) is 26.2 Å². The van der Waals surface area contributed by atoms with Crippen LogP contribution in [0.3, 0.4) is 0 Å². The molecule has 0 bridgehead atoms. The highest BCUT2D eigenvalue weighted by Gasteiger charge is 2.24. The molecule has 3 heterocycles. The maximum atomic E-state index is 9.41. The highest BCUT2D eigenvalue weighted by molar-refractivity contribution is 7.19. The first-order chi connectivity index (χ1) is 12.1. The lowest BCUT2D eigenvalue weighted by Crippen LogP contribution is -2.08. The van der Waals surface area contributed by atoms with Crippen molar-refractivity contribution in [1.29, 1.82) is 5.26 Å². The Bertz CT molecular complexity index is 1040. The third-order valence-electron chi connectivity index (χ3n) is 4.13. The van der Waals surface area contributed by atoms with Gasteiger partial charge in [-0.3, -0.25) is 0 Å². The molecule has 0 aliphatic heterocycles. The summed E-state index contributed by atoms with van der Waals surface area (Å²) in [5, 5.41) is 14.9. The molecule has 0 fully saturated rings. The van der Waals surface area contributed by atoms with E-state index in [2.05, 4.69) is 26.1 Å². The van der Waals surface area contributed by atoms with Crippen molar-refractivity contribution in [3.05, 3.63) is 28.0 Å². The van der Waals surface area contributed by atoms with E-state index >= 15 is 0 Å². The minimum Gasteiger partial charge on any atom is -0.369 e. The van der Waals surface area contributed by atoms with E-state index in [0.29, 0.717) is 23.0 Å². The Labute approximate surface area is 149 Å². The lowest BCUT2D eigenvalue weighted by molar-refractivity contribution is 0.642. The van der Waals surface area contributed by atoms with Crippen molar-refractivity contribution in [2.75, 3.05) is 14.1 Å². The van der Waals surface area contributed by atoms with Gasteiger partial charge in [0, 0.05) is 19.0 Å². The first-order valence-electron chi connectivity index (χ1n) is 8.06. The quantitative estimate of drug-likeness (QED) is 0.535. The van der Waals surface area contributed by atoms with Crippen molar-refractivity contribution in [3.8, 4) is 11.9 Å². The number of thiophene rings is 1. The van der Waals surface area contributed by atoms with Gasteiger partial charge in [-0.25, -0.2) is 15.0 Å². The largest absolute Gasteiger partial charge is 0.369 e. The number of nitriles is 1. The van der Waals surface area contributed by atoms with Crippen LogP contribution in [0.15, 0.2) is 11.2 Å². The first kappa shape index (κ1) is 15.7. The monoisotopic (exact) mass is 351 g/mol. The maximum absolute atomic E-state index is 9.41. The summed E-state index contributed by atoms with van der Waals surface area (Å²) in [6.45, 7) is 1.88. The zero-order valence-electron chi connectivity index (χ0n) is 14.3. The number of nitrogens with zero attached hydrogens (tertiary/aromatic N) is 7. The molecule has 0 unspecified atom stereocenters. The normalized spacial score (nSPS) is 13.5. The molecule has 0 radical (unpaired) electrons. The van der Waals surface area contributed by atoms with Crippen LogP contribution in [-0.4, -0.2) is 45.1 Å². The van der Waals surface area contributed by atoms with Gasteiger partial charge in [0.2, 0.25) is 0 Å². The van der Waals surface area contributed by atoms with Gasteiger partial charge in [-0.2, -0.15) is 15.0 Å². The summed E-state index contributed by atoms with van der Waals surface area (Å²) in [5.41, 5.74) is 1.75. The Morgan fingerprint density at radius 3 is 2.96 bits per heavy atom. The number of hydrogen-bond acceptors (Lipinski definition) is 6. The molecule has 4 rings (SSSR count). The van der Waals surface area contributed by atoms with Crippen LogP contribution < -0.4 is 0 Å². The van der Waals surface area contributed by atoms with Crippen LogP contribution >= 0.6 is 11.3 Å². The van der Waals surface area contributed by atoms with Crippen LogP contribution in [0.2, 0.25) is 0 Å². The van der Waals surface area contributed by atoms with E-state index in [1.807, 2.05) is 25.9 Å². The van der Waals surface area contributed by atoms with Gasteiger partial charge in [0.15, 0.2) is 11.6 Å². The molecule has 0 spiro atoms. The molecular formula is C17H17N7S. The van der Waals surface area contributed by atoms with E-state index in [-0.39, 0.29) is 0 Å². The summed E-state index contributed by atoms with van der Waals surface area (Å²) in [5.74, 6) is 1.90. The maximum Gasteiger partial charge on any atom is 0.176 e. The molecular weight excluding hydrogens is 334 g/mol. The lowest BCUT2D eigenvalue weighted by atomic mass is 10.2. The zero-order chi connectivity index (χ0) is 17.6. The van der Waals surface area contributed by atoms with Gasteiger partial charge in [-0.15, -0.1) is 11.3 Å². The van der Waals surface area contributed by atoms with Crippen LogP contribution in [0, 0.1) is 18.3 Å². The predicted molar refractivity (Wildman–Crippen MR) is 97.9 cm³/mol. The molecule has 0 saturated heterocycles. The molecule has 1 aliphatic carbocycles. The van der Waals surface area contributed by atoms with Crippen molar-refractivity contribution in [2.24, 2.45) is 4.99 Å². The second-order valence-corrected chi connectivity index (χ2v) is 7.33. The van der Waals surface area contributed by atoms with Crippen LogP contribution in [-0.2, 0) is 12.8 Å². The topological polar surface area (TPSA) is 83.0 Å². The van der Waals surface area contributed by atoms with Gasteiger partial charge in [-0.1, -0.05) is 0 Å². The molecule has 3 aromatic rings. The van der Waals surface area contributed by atoms with E-state index in [1.165, 1.54) is 23.1 Å². The van der Waals surface area contributed by atoms with Crippen LogP contribution in [0.1, 0.15) is 28.2 Å². The molecule has 0 atom stereocenters. The van der Waals surface area contributed by atoms with Crippen LogP contribution in [0.25, 0.3) is 16.0 Å². The number of hydrogen-bond donors (Lipinski definition) is 0. The fraction of sp³-hybridized carbons (Fsp3) is 0.353. The molecule has 3 aromatic heterocycles. The van der Waals surface area contributed by atoms with E-state index < -0.39 is 0 Å². The van der Waals surface area contributed by atoms with Gasteiger partial charge < -0.3 is 4.90 Å². The van der Waals surface area contributed by atoms with Crippen molar-refractivity contribution >= 4 is 33.7 Å². The molecule has 8 heteroatoms. The van der Waals surface area contributed by atoms with Crippen LogP contribution in [0.5, 0.6) is 0 Å². The van der Waals surface area contributed by atoms with Gasteiger partial charge in [0.25, 0.3) is 0 Å². The summed E-state index contributed by atoms with van der Waals surface area (Å²) < 4.78 is 1.67. The second-order valence-electron chi connectivity index (χ2n) is 6.25. The van der Waals surface area contributed by atoms with Gasteiger partial charge >= 0.3 is 0 Å². The SMILES string of the molecule is Cc1nc(-n2ncc(C#N)c2/N=C/N(C)C)c2c3c(sc2n1)CCC3. The first-order valence-corrected chi connectivity index (χ1v) is 8.88. The molecule has 126 valence electrons. The standard InChI is InChI=1S/C17H17N7S/c1-10-21-16(14-12-5-4-6-13(12)25-17(14)22-10)24-15(19-9-23(2)3)11(7-18)8-20-24/h8-9H,4-6H2,1-3H3/b19-9+. The molecule has 25 heavy (non-hydrogen) atoms. The number of aryl methyl sites for hydroxylation is 3. The summed E-state index contributed by atoms with van der Waals surface area (Å²) in [6, 6.07) is 2.16. The number of rotatable bonds is 3. The fourth-order valence-corrected chi connectivity index (χ4v) is 4.41. The summed E-state index contributed by atoms with van der Waals surface area (Å²) in [7, 11) is 3.77. The third kappa shape index (κ3) is 2.57. The molecule has 1 aliphatic rings. The van der Waals surface area contributed by atoms with Crippen molar-refractivity contribution < 1.29 is 0 Å². The predicted octanol–water partition coefficient (Wildman–Crippen LogP) is 2.77. The molecule has 7 nitrogen and oxygen atoms in total. The van der Waals surface area contributed by atoms with E-state index in [9.17, 15) is 5.26 Å². The lowest BCUT2D eigenvalue weighted by Gasteiger charge is -2.08. The van der Waals surface area contributed by atoms with Gasteiger partial charge in [0.1, 0.15) is 22.3 Å². The molecule has 0 amide bonds. The summed E-state index contributed by atoms with van der Waals surface area (Å²) in [6.07, 6.45) is 6.51. The highest BCUT2D eigenvalue weighted by atomic mass is 32.1. The Balaban J connectivity index is 2.00. The Morgan fingerprint density at radius 1 is 1.36 bits per heavy atom. The van der Waals surface area contributed by atoms with E-state index in [4.69, 9.17) is 0 Å². The van der Waals surface area contributed by atoms with Gasteiger partial charge in [0.05, 0.1) is 17.9 Å². The Hall–Kier alpha value is -2.79. The Morgan fingerprint density at radius 2 is 2.20 bits per heavy atom. The average Bonchev–Trinajstić information content (AvgIpc) is 3.24. The van der Waals surface area contributed by atoms with E-state index in [0.717, 1.165) is 23.1 Å². The van der Waals surface area contributed by atoms with Crippen LogP contribution in [0.4, 0.5) is 5.82 Å². The fourth-order valence-electron chi connectivity index (χ4n) is 3.10. The number of fused-ring (bicyclic) bond motifs is 3. The molecule has 0 saturated carbocycles. The smallest absolute Gasteiger partial charge is 0.176 e. The minimum atomic E-state index is 0.425. The Kier molecular flexibility index (Phi) is 3.73. The molecule has 0 N–H and O–H groups in total. The van der Waals surface area contributed by atoms with E-state index in [1.54, 1.807) is 22.4 Å². The number of aromatic nitrogens is 4. The van der Waals surface area contributed by atoms with Gasteiger partial charge in [-0.05, 0) is 31.7 Å². The molecule has 0 aromatic carbocycles. The summed E-state index contributed by atoms with van der Waals surface area (Å²) >= 11 is 1.74. The van der Waals surface area contributed by atoms with Crippen molar-refractivity contribution in [1.82, 2.24) is 24.6 Å². The number of aliphatic imine (C=N–C) groups is 1. The highest BCUT2D eigenvalue weighted by Crippen LogP contribution is 2.39. The summed E-state index contributed by atoms with van der Waals surface area (Å²) in [4.78, 5) is 17.9. The second kappa shape index (κ2) is 5.93. The van der Waals surface area contributed by atoms with Crippen molar-refractivity contribution in [3.63, 3.8) is 0 Å². The average molecular weight is 351 g/mol. The zero-order valence-corrected chi connectivity index (χ0v) is 15.1.